The molecule has 1 atom stereocenters. The van der Waals surface area contributed by atoms with Crippen LogP contribution >= 0.6 is 0 Å². The number of nitrogens with zero attached hydrogens (tertiary/aromatic N) is 1. The normalized spacial score (nSPS) is 16.2. The van der Waals surface area contributed by atoms with Crippen LogP contribution in [0.25, 0.3) is 0 Å². The zero-order valence-electron chi connectivity index (χ0n) is 15.9. The number of amides is 2. The number of halogens is 1. The molecular formula is C21H23FN2O4. The van der Waals surface area contributed by atoms with Gasteiger partial charge in [-0.25, -0.2) is 4.39 Å². The average Bonchev–Trinajstić information content (AvgIpc) is 3.10. The minimum Gasteiger partial charge on any atom is -0.497 e. The van der Waals surface area contributed by atoms with E-state index in [0.29, 0.717) is 36.7 Å². The zero-order valence-corrected chi connectivity index (χ0v) is 15.9. The average molecular weight is 386 g/mol. The first-order chi connectivity index (χ1) is 13.5. The van der Waals surface area contributed by atoms with Crippen molar-refractivity contribution in [2.45, 2.75) is 12.8 Å². The van der Waals surface area contributed by atoms with Crippen LogP contribution in [-0.4, -0.2) is 39.1 Å². The van der Waals surface area contributed by atoms with Crippen molar-refractivity contribution in [2.24, 2.45) is 5.92 Å². The standard InChI is InChI=1S/C21H23FN2O4/c1-27-17-7-8-18(19(12-17)28-2)24-13-15(11-20(24)25)21(26)23-10-9-14-3-5-16(22)6-4-14/h3-8,12,15H,9-11,13H2,1-2H3,(H,23,26)/t15-/m1/s1. The second kappa shape index (κ2) is 8.73. The van der Waals surface area contributed by atoms with Gasteiger partial charge in [-0.3, -0.25) is 9.59 Å². The number of carbonyl (C=O) groups excluding carboxylic acids is 2. The molecule has 1 fully saturated rings. The Labute approximate surface area is 163 Å². The van der Waals surface area contributed by atoms with Crippen LogP contribution in [-0.2, 0) is 16.0 Å². The molecular weight excluding hydrogens is 363 g/mol. The third kappa shape index (κ3) is 4.42. The van der Waals surface area contributed by atoms with Gasteiger partial charge in [0, 0.05) is 25.6 Å². The molecule has 0 bridgehead atoms. The molecule has 28 heavy (non-hydrogen) atoms. The van der Waals surface area contributed by atoms with Gasteiger partial charge in [-0.05, 0) is 36.2 Å². The molecule has 1 heterocycles. The molecule has 0 aromatic heterocycles. The fourth-order valence-electron chi connectivity index (χ4n) is 3.25. The molecule has 0 spiro atoms. The topological polar surface area (TPSA) is 67.9 Å². The van der Waals surface area contributed by atoms with E-state index in [-0.39, 0.29) is 24.1 Å². The van der Waals surface area contributed by atoms with Gasteiger partial charge in [0.15, 0.2) is 0 Å². The minimum atomic E-state index is -0.424. The van der Waals surface area contributed by atoms with Crippen LogP contribution in [0.5, 0.6) is 11.5 Å². The maximum atomic E-state index is 12.9. The number of methoxy groups -OCH3 is 2. The Hall–Kier alpha value is -3.09. The van der Waals surface area contributed by atoms with Gasteiger partial charge in [0.1, 0.15) is 17.3 Å². The van der Waals surface area contributed by atoms with Gasteiger partial charge in [0.25, 0.3) is 0 Å². The molecule has 1 aliphatic heterocycles. The number of rotatable bonds is 7. The van der Waals surface area contributed by atoms with Gasteiger partial charge >= 0.3 is 0 Å². The van der Waals surface area contributed by atoms with Gasteiger partial charge < -0.3 is 19.7 Å². The molecule has 2 amide bonds. The Bertz CT molecular complexity index is 854. The molecule has 7 heteroatoms. The van der Waals surface area contributed by atoms with Crippen LogP contribution in [0.4, 0.5) is 10.1 Å². The fourth-order valence-corrected chi connectivity index (χ4v) is 3.25. The van der Waals surface area contributed by atoms with Crippen molar-refractivity contribution in [1.82, 2.24) is 5.32 Å². The highest BCUT2D eigenvalue weighted by Crippen LogP contribution is 2.35. The summed E-state index contributed by atoms with van der Waals surface area (Å²) in [6.07, 6.45) is 0.750. The van der Waals surface area contributed by atoms with Crippen molar-refractivity contribution in [3.05, 3.63) is 53.8 Å². The maximum absolute atomic E-state index is 12.9. The van der Waals surface area contributed by atoms with E-state index < -0.39 is 5.92 Å². The van der Waals surface area contributed by atoms with E-state index in [1.54, 1.807) is 42.3 Å². The Morgan fingerprint density at radius 2 is 1.93 bits per heavy atom. The zero-order chi connectivity index (χ0) is 20.1. The molecule has 3 rings (SSSR count). The molecule has 1 saturated heterocycles. The van der Waals surface area contributed by atoms with Crippen LogP contribution < -0.4 is 19.7 Å². The Balaban J connectivity index is 1.59. The number of anilines is 1. The number of hydrogen-bond acceptors (Lipinski definition) is 4. The predicted molar refractivity (Wildman–Crippen MR) is 103 cm³/mol. The van der Waals surface area contributed by atoms with Crippen molar-refractivity contribution >= 4 is 17.5 Å². The van der Waals surface area contributed by atoms with E-state index in [4.69, 9.17) is 9.47 Å². The summed E-state index contributed by atoms with van der Waals surface area (Å²) in [5.74, 6) is 0.152. The molecule has 1 aliphatic rings. The number of carbonyl (C=O) groups is 2. The van der Waals surface area contributed by atoms with Crippen molar-refractivity contribution in [1.29, 1.82) is 0 Å². The fraction of sp³-hybridized carbons (Fsp3) is 0.333. The summed E-state index contributed by atoms with van der Waals surface area (Å²) in [7, 11) is 3.08. The molecule has 0 unspecified atom stereocenters. The van der Waals surface area contributed by atoms with Crippen LogP contribution in [0.15, 0.2) is 42.5 Å². The van der Waals surface area contributed by atoms with Crippen LogP contribution in [0.1, 0.15) is 12.0 Å². The Morgan fingerprint density at radius 3 is 2.61 bits per heavy atom. The largest absolute Gasteiger partial charge is 0.497 e. The van der Waals surface area contributed by atoms with Crippen LogP contribution in [0.3, 0.4) is 0 Å². The monoisotopic (exact) mass is 386 g/mol. The van der Waals surface area contributed by atoms with Gasteiger partial charge in [-0.1, -0.05) is 12.1 Å². The lowest BCUT2D eigenvalue weighted by atomic mass is 10.1. The first-order valence-corrected chi connectivity index (χ1v) is 9.06. The van der Waals surface area contributed by atoms with Crippen molar-refractivity contribution in [3.63, 3.8) is 0 Å². The first kappa shape index (κ1) is 19.7. The number of ether oxygens (including phenoxy) is 2. The van der Waals surface area contributed by atoms with E-state index in [2.05, 4.69) is 5.32 Å². The van der Waals surface area contributed by atoms with Gasteiger partial charge in [0.05, 0.1) is 25.8 Å². The summed E-state index contributed by atoms with van der Waals surface area (Å²) < 4.78 is 23.5. The van der Waals surface area contributed by atoms with E-state index in [9.17, 15) is 14.0 Å². The van der Waals surface area contributed by atoms with Crippen molar-refractivity contribution in [2.75, 3.05) is 32.2 Å². The molecule has 1 N–H and O–H groups in total. The molecule has 0 radical (unpaired) electrons. The molecule has 2 aromatic carbocycles. The third-order valence-corrected chi connectivity index (χ3v) is 4.80. The van der Waals surface area contributed by atoms with Gasteiger partial charge in [-0.2, -0.15) is 0 Å². The number of hydrogen-bond donors (Lipinski definition) is 1. The highest BCUT2D eigenvalue weighted by atomic mass is 19.1. The lowest BCUT2D eigenvalue weighted by Gasteiger charge is -2.20. The summed E-state index contributed by atoms with van der Waals surface area (Å²) in [6.45, 7) is 0.727. The summed E-state index contributed by atoms with van der Waals surface area (Å²) in [4.78, 5) is 26.5. The predicted octanol–water partition coefficient (Wildman–Crippen LogP) is 2.55. The smallest absolute Gasteiger partial charge is 0.227 e. The van der Waals surface area contributed by atoms with Crippen molar-refractivity contribution in [3.8, 4) is 11.5 Å². The lowest BCUT2D eigenvalue weighted by molar-refractivity contribution is -0.126. The second-order valence-corrected chi connectivity index (χ2v) is 6.61. The van der Waals surface area contributed by atoms with E-state index >= 15 is 0 Å². The SMILES string of the molecule is COc1ccc(N2C[C@H](C(=O)NCCc3ccc(F)cc3)CC2=O)c(OC)c1. The van der Waals surface area contributed by atoms with Crippen molar-refractivity contribution < 1.29 is 23.5 Å². The van der Waals surface area contributed by atoms with Crippen LogP contribution in [0, 0.1) is 11.7 Å². The molecule has 6 nitrogen and oxygen atoms in total. The van der Waals surface area contributed by atoms with Gasteiger partial charge in [-0.15, -0.1) is 0 Å². The lowest BCUT2D eigenvalue weighted by Crippen LogP contribution is -2.34. The van der Waals surface area contributed by atoms with E-state index in [1.165, 1.54) is 19.2 Å². The van der Waals surface area contributed by atoms with E-state index in [0.717, 1.165) is 5.56 Å². The quantitative estimate of drug-likeness (QED) is 0.794. The Morgan fingerprint density at radius 1 is 1.18 bits per heavy atom. The highest BCUT2D eigenvalue weighted by molar-refractivity contribution is 6.01. The summed E-state index contributed by atoms with van der Waals surface area (Å²) in [6, 6.07) is 11.4. The second-order valence-electron chi connectivity index (χ2n) is 6.61. The molecule has 0 saturated carbocycles. The maximum Gasteiger partial charge on any atom is 0.227 e. The molecule has 2 aromatic rings. The highest BCUT2D eigenvalue weighted by Gasteiger charge is 2.36. The first-order valence-electron chi connectivity index (χ1n) is 9.06. The van der Waals surface area contributed by atoms with E-state index in [1.807, 2.05) is 0 Å². The molecule has 148 valence electrons. The van der Waals surface area contributed by atoms with Gasteiger partial charge in [0.2, 0.25) is 11.8 Å². The number of benzene rings is 2. The minimum absolute atomic E-state index is 0.123. The summed E-state index contributed by atoms with van der Waals surface area (Å²) >= 11 is 0. The summed E-state index contributed by atoms with van der Waals surface area (Å²) in [5.41, 5.74) is 1.56. The number of nitrogens with one attached hydrogen (secondary N) is 1. The third-order valence-electron chi connectivity index (χ3n) is 4.80. The Kier molecular flexibility index (Phi) is 6.13. The van der Waals surface area contributed by atoms with Crippen LogP contribution in [0.2, 0.25) is 0 Å². The summed E-state index contributed by atoms with van der Waals surface area (Å²) in [5, 5.41) is 2.86. The molecule has 0 aliphatic carbocycles.